The third kappa shape index (κ3) is 6.09. The Bertz CT molecular complexity index is 770. The van der Waals surface area contributed by atoms with Gasteiger partial charge in [-0.05, 0) is 59.9 Å². The highest BCUT2D eigenvalue weighted by Gasteiger charge is 2.20. The lowest BCUT2D eigenvalue weighted by molar-refractivity contribution is 0.198. The van der Waals surface area contributed by atoms with Crippen molar-refractivity contribution in [2.75, 3.05) is 19.6 Å². The smallest absolute Gasteiger partial charge is 0.191 e. The minimum absolute atomic E-state index is 0.451. The summed E-state index contributed by atoms with van der Waals surface area (Å²) in [5.41, 5.74) is 3.15. The normalized spacial score (nSPS) is 16.1. The highest BCUT2D eigenvalue weighted by Crippen LogP contribution is 2.15. The fraction of sp³-hybridized carbons (Fsp3) is 0.429. The molecule has 142 valence electrons. The van der Waals surface area contributed by atoms with E-state index in [-0.39, 0.29) is 0 Å². The molecular weight excluding hydrogens is 354 g/mol. The molecule has 0 radical (unpaired) electrons. The molecule has 0 unspecified atom stereocenters. The maximum absolute atomic E-state index is 9.03. The topological polar surface area (TPSA) is 63.5 Å². The number of hydrogen-bond donors (Lipinski definition) is 2. The van der Waals surface area contributed by atoms with Crippen molar-refractivity contribution in [2.45, 2.75) is 38.9 Å². The lowest BCUT2D eigenvalue weighted by Gasteiger charge is -2.33. The Morgan fingerprint density at radius 1 is 1.30 bits per heavy atom. The summed E-state index contributed by atoms with van der Waals surface area (Å²) >= 11 is 1.77. The second-order valence-electron chi connectivity index (χ2n) is 6.83. The van der Waals surface area contributed by atoms with E-state index >= 15 is 0 Å². The Balaban J connectivity index is 1.51. The molecule has 0 aliphatic carbocycles. The fourth-order valence-electron chi connectivity index (χ4n) is 3.30. The van der Waals surface area contributed by atoms with Crippen LogP contribution >= 0.6 is 11.3 Å². The molecule has 1 aromatic carbocycles. The number of rotatable bonds is 6. The first-order chi connectivity index (χ1) is 13.3. The lowest BCUT2D eigenvalue weighted by Crippen LogP contribution is -2.48. The average Bonchev–Trinajstić information content (AvgIpc) is 3.21. The summed E-state index contributed by atoms with van der Waals surface area (Å²) in [5.74, 6) is 0.858. The first kappa shape index (κ1) is 19.4. The Morgan fingerprint density at radius 3 is 2.85 bits per heavy atom. The van der Waals surface area contributed by atoms with Crippen LogP contribution in [0.2, 0.25) is 0 Å². The molecule has 1 aliphatic heterocycles. The number of nitrogens with one attached hydrogen (secondary N) is 2. The van der Waals surface area contributed by atoms with E-state index in [0.717, 1.165) is 50.5 Å². The minimum Gasteiger partial charge on any atom is -0.357 e. The van der Waals surface area contributed by atoms with Crippen molar-refractivity contribution < 1.29 is 0 Å². The molecule has 2 aromatic rings. The van der Waals surface area contributed by atoms with Crippen molar-refractivity contribution in [2.24, 2.45) is 4.99 Å². The molecule has 0 atom stereocenters. The van der Waals surface area contributed by atoms with Crippen LogP contribution in [0.15, 0.2) is 46.1 Å². The predicted molar refractivity (Wildman–Crippen MR) is 112 cm³/mol. The van der Waals surface area contributed by atoms with E-state index in [1.807, 2.05) is 24.3 Å². The van der Waals surface area contributed by atoms with Crippen LogP contribution in [0.5, 0.6) is 0 Å². The van der Waals surface area contributed by atoms with Crippen LogP contribution in [0, 0.1) is 11.3 Å². The number of hydrogen-bond acceptors (Lipinski definition) is 4. The number of nitriles is 1. The molecule has 6 heteroatoms. The van der Waals surface area contributed by atoms with Crippen molar-refractivity contribution in [1.29, 1.82) is 5.26 Å². The summed E-state index contributed by atoms with van der Waals surface area (Å²) in [4.78, 5) is 7.23. The Morgan fingerprint density at radius 2 is 2.15 bits per heavy atom. The van der Waals surface area contributed by atoms with Gasteiger partial charge in [-0.25, -0.2) is 4.99 Å². The van der Waals surface area contributed by atoms with Gasteiger partial charge in [-0.2, -0.15) is 16.6 Å². The fourth-order valence-corrected chi connectivity index (χ4v) is 3.96. The molecule has 1 aromatic heterocycles. The molecule has 3 rings (SSSR count). The van der Waals surface area contributed by atoms with Crippen LogP contribution in [0.1, 0.15) is 36.5 Å². The Hall–Kier alpha value is -2.36. The number of aliphatic imine (C=N–C) groups is 1. The summed E-state index contributed by atoms with van der Waals surface area (Å²) in [6, 6.07) is 12.5. The molecule has 2 N–H and O–H groups in total. The van der Waals surface area contributed by atoms with Crippen LogP contribution in [0.3, 0.4) is 0 Å². The molecule has 2 heterocycles. The molecule has 1 fully saturated rings. The summed E-state index contributed by atoms with van der Waals surface area (Å²) in [7, 11) is 0. The Labute approximate surface area is 165 Å². The lowest BCUT2D eigenvalue weighted by atomic mass is 10.0. The van der Waals surface area contributed by atoms with Crippen LogP contribution < -0.4 is 10.6 Å². The first-order valence-corrected chi connectivity index (χ1v) is 10.5. The number of nitrogens with zero attached hydrogens (tertiary/aromatic N) is 3. The van der Waals surface area contributed by atoms with Crippen molar-refractivity contribution >= 4 is 17.3 Å². The summed E-state index contributed by atoms with van der Waals surface area (Å²) in [6.07, 6.45) is 2.25. The van der Waals surface area contributed by atoms with E-state index in [1.165, 1.54) is 5.56 Å². The van der Waals surface area contributed by atoms with Crippen LogP contribution in [0.4, 0.5) is 0 Å². The second kappa shape index (κ2) is 10.1. The van der Waals surface area contributed by atoms with Crippen LogP contribution in [0.25, 0.3) is 0 Å². The SMILES string of the molecule is CCNC(=NCc1cccc(C#N)c1)NC1CCN(Cc2ccsc2)CC1. The quantitative estimate of drug-likeness (QED) is 0.595. The van der Waals surface area contributed by atoms with Gasteiger partial charge in [0.15, 0.2) is 5.96 Å². The number of benzene rings is 1. The van der Waals surface area contributed by atoms with Crippen LogP contribution in [-0.4, -0.2) is 36.5 Å². The van der Waals surface area contributed by atoms with Gasteiger partial charge in [0, 0.05) is 32.2 Å². The number of guanidine groups is 1. The van der Waals surface area contributed by atoms with Gasteiger partial charge in [0.2, 0.25) is 0 Å². The maximum Gasteiger partial charge on any atom is 0.191 e. The number of piperidine rings is 1. The van der Waals surface area contributed by atoms with Crippen molar-refractivity contribution in [1.82, 2.24) is 15.5 Å². The number of thiophene rings is 1. The van der Waals surface area contributed by atoms with Crippen molar-refractivity contribution in [3.63, 3.8) is 0 Å². The van der Waals surface area contributed by atoms with E-state index in [4.69, 9.17) is 10.3 Å². The largest absolute Gasteiger partial charge is 0.357 e. The van der Waals surface area contributed by atoms with Crippen LogP contribution in [-0.2, 0) is 13.1 Å². The number of likely N-dealkylation sites (tertiary alicyclic amines) is 1. The van der Waals surface area contributed by atoms with Gasteiger partial charge in [0.1, 0.15) is 0 Å². The van der Waals surface area contributed by atoms with Gasteiger partial charge < -0.3 is 10.6 Å². The van der Waals surface area contributed by atoms with E-state index in [2.05, 4.69) is 45.4 Å². The molecule has 0 bridgehead atoms. The van der Waals surface area contributed by atoms with Crippen molar-refractivity contribution in [3.8, 4) is 6.07 Å². The zero-order valence-electron chi connectivity index (χ0n) is 15.8. The molecule has 0 saturated carbocycles. The van der Waals surface area contributed by atoms with Gasteiger partial charge >= 0.3 is 0 Å². The van der Waals surface area contributed by atoms with Gasteiger partial charge in [0.25, 0.3) is 0 Å². The van der Waals surface area contributed by atoms with E-state index in [1.54, 1.807) is 11.3 Å². The maximum atomic E-state index is 9.03. The first-order valence-electron chi connectivity index (χ1n) is 9.54. The predicted octanol–water partition coefficient (Wildman–Crippen LogP) is 3.34. The summed E-state index contributed by atoms with van der Waals surface area (Å²) in [6.45, 7) is 6.76. The summed E-state index contributed by atoms with van der Waals surface area (Å²) in [5, 5.41) is 20.3. The van der Waals surface area contributed by atoms with Gasteiger partial charge in [-0.15, -0.1) is 0 Å². The highest BCUT2D eigenvalue weighted by atomic mass is 32.1. The van der Waals surface area contributed by atoms with Gasteiger partial charge in [-0.1, -0.05) is 12.1 Å². The highest BCUT2D eigenvalue weighted by molar-refractivity contribution is 7.07. The third-order valence-electron chi connectivity index (χ3n) is 4.73. The molecule has 0 spiro atoms. The second-order valence-corrected chi connectivity index (χ2v) is 7.61. The standard InChI is InChI=1S/C21H27N5S/c1-2-23-21(24-14-18-5-3-4-17(12-18)13-22)25-20-6-9-26(10-7-20)15-19-8-11-27-16-19/h3-5,8,11-12,16,20H,2,6-7,9-10,14-15H2,1H3,(H2,23,24,25). The average molecular weight is 382 g/mol. The molecule has 27 heavy (non-hydrogen) atoms. The monoisotopic (exact) mass is 381 g/mol. The van der Waals surface area contributed by atoms with E-state index in [0.29, 0.717) is 18.2 Å². The van der Waals surface area contributed by atoms with Crippen molar-refractivity contribution in [3.05, 3.63) is 57.8 Å². The van der Waals surface area contributed by atoms with E-state index in [9.17, 15) is 0 Å². The molecule has 5 nitrogen and oxygen atoms in total. The molecule has 1 saturated heterocycles. The molecular formula is C21H27N5S. The molecule has 0 amide bonds. The molecule has 1 aliphatic rings. The third-order valence-corrected chi connectivity index (χ3v) is 5.47. The van der Waals surface area contributed by atoms with E-state index < -0.39 is 0 Å². The Kier molecular flexibility index (Phi) is 7.26. The summed E-state index contributed by atoms with van der Waals surface area (Å²) < 4.78 is 0. The van der Waals surface area contributed by atoms with Gasteiger partial charge in [-0.3, -0.25) is 4.90 Å². The zero-order chi connectivity index (χ0) is 18.9. The zero-order valence-corrected chi connectivity index (χ0v) is 16.6. The van der Waals surface area contributed by atoms with Gasteiger partial charge in [0.05, 0.1) is 18.2 Å². The minimum atomic E-state index is 0.451.